The fourth-order valence-corrected chi connectivity index (χ4v) is 3.09. The first-order valence-corrected chi connectivity index (χ1v) is 6.65. The maximum Gasteiger partial charge on any atom is 0.248 e. The average molecular weight is 251 g/mol. The van der Waals surface area contributed by atoms with E-state index in [4.69, 9.17) is 5.73 Å². The second-order valence-corrected chi connectivity index (χ2v) is 5.25. The first-order valence-electron chi connectivity index (χ1n) is 6.65. The van der Waals surface area contributed by atoms with Crippen LogP contribution in [0.3, 0.4) is 0 Å². The Kier molecular flexibility index (Phi) is 2.86. The van der Waals surface area contributed by atoms with E-state index in [1.165, 1.54) is 16.7 Å². The molecule has 0 unspecified atom stereocenters. The van der Waals surface area contributed by atoms with Crippen LogP contribution in [0.25, 0.3) is 0 Å². The van der Waals surface area contributed by atoms with Gasteiger partial charge in [0, 0.05) is 11.5 Å². The molecule has 1 aliphatic carbocycles. The van der Waals surface area contributed by atoms with Crippen LogP contribution in [-0.2, 0) is 6.42 Å². The Morgan fingerprint density at radius 2 is 1.95 bits per heavy atom. The molecule has 0 saturated carbocycles. The zero-order valence-corrected chi connectivity index (χ0v) is 11.0. The van der Waals surface area contributed by atoms with Gasteiger partial charge >= 0.3 is 0 Å². The predicted molar refractivity (Wildman–Crippen MR) is 76.3 cm³/mol. The van der Waals surface area contributed by atoms with Gasteiger partial charge in [-0.25, -0.2) is 0 Å². The number of fused-ring (bicyclic) bond motifs is 1. The maximum absolute atomic E-state index is 11.6. The minimum atomic E-state index is -0.337. The second-order valence-electron chi connectivity index (χ2n) is 5.25. The van der Waals surface area contributed by atoms with Gasteiger partial charge in [-0.2, -0.15) is 0 Å². The van der Waals surface area contributed by atoms with Gasteiger partial charge in [-0.3, -0.25) is 4.79 Å². The van der Waals surface area contributed by atoms with Crippen LogP contribution in [-0.4, -0.2) is 5.91 Å². The van der Waals surface area contributed by atoms with Crippen LogP contribution in [0.1, 0.15) is 45.0 Å². The van der Waals surface area contributed by atoms with Crippen LogP contribution in [0, 0.1) is 6.92 Å². The summed E-state index contributed by atoms with van der Waals surface area (Å²) in [4.78, 5) is 11.6. The zero-order chi connectivity index (χ0) is 13.4. The van der Waals surface area contributed by atoms with E-state index in [9.17, 15) is 4.79 Å². The summed E-state index contributed by atoms with van der Waals surface area (Å²) in [5.74, 6) is -0.0320. The van der Waals surface area contributed by atoms with Crippen molar-refractivity contribution in [2.24, 2.45) is 5.73 Å². The SMILES string of the molecule is Cc1ccc2c(c1)CC[C@H]2c1ccccc1C(N)=O. The first-order chi connectivity index (χ1) is 9.16. The Morgan fingerprint density at radius 1 is 1.16 bits per heavy atom. The van der Waals surface area contributed by atoms with Gasteiger partial charge in [0.15, 0.2) is 0 Å². The van der Waals surface area contributed by atoms with Crippen molar-refractivity contribution in [3.05, 3.63) is 70.3 Å². The van der Waals surface area contributed by atoms with E-state index in [1.807, 2.05) is 24.3 Å². The van der Waals surface area contributed by atoms with Gasteiger partial charge < -0.3 is 5.73 Å². The van der Waals surface area contributed by atoms with E-state index in [2.05, 4.69) is 25.1 Å². The number of rotatable bonds is 2. The fourth-order valence-electron chi connectivity index (χ4n) is 3.09. The molecular formula is C17H17NO. The lowest BCUT2D eigenvalue weighted by molar-refractivity contribution is 0.0999. The number of carbonyl (C=O) groups is 1. The molecule has 0 aromatic heterocycles. The van der Waals surface area contributed by atoms with Gasteiger partial charge in [0.25, 0.3) is 0 Å². The number of aryl methyl sites for hydroxylation is 2. The van der Waals surface area contributed by atoms with Crippen molar-refractivity contribution in [3.63, 3.8) is 0 Å². The zero-order valence-electron chi connectivity index (χ0n) is 11.0. The van der Waals surface area contributed by atoms with Gasteiger partial charge in [-0.15, -0.1) is 0 Å². The maximum atomic E-state index is 11.6. The van der Waals surface area contributed by atoms with Gasteiger partial charge in [-0.05, 0) is 42.5 Å². The van der Waals surface area contributed by atoms with Crippen molar-refractivity contribution in [2.45, 2.75) is 25.7 Å². The molecule has 1 atom stereocenters. The number of nitrogens with two attached hydrogens (primary N) is 1. The molecule has 2 N–H and O–H groups in total. The Hall–Kier alpha value is -2.09. The predicted octanol–water partition coefficient (Wildman–Crippen LogP) is 3.17. The van der Waals surface area contributed by atoms with Crippen LogP contribution in [0.2, 0.25) is 0 Å². The quantitative estimate of drug-likeness (QED) is 0.875. The van der Waals surface area contributed by atoms with E-state index in [0.717, 1.165) is 18.4 Å². The minimum Gasteiger partial charge on any atom is -0.366 e. The van der Waals surface area contributed by atoms with Gasteiger partial charge in [0.1, 0.15) is 0 Å². The molecule has 0 bridgehead atoms. The summed E-state index contributed by atoms with van der Waals surface area (Å²) in [6, 6.07) is 14.3. The lowest BCUT2D eigenvalue weighted by Crippen LogP contribution is -2.15. The van der Waals surface area contributed by atoms with E-state index in [1.54, 1.807) is 0 Å². The summed E-state index contributed by atoms with van der Waals surface area (Å²) in [7, 11) is 0. The summed E-state index contributed by atoms with van der Waals surface area (Å²) in [5.41, 5.74) is 11.3. The van der Waals surface area contributed by atoms with Crippen molar-refractivity contribution >= 4 is 5.91 Å². The molecule has 2 aromatic carbocycles. The highest BCUT2D eigenvalue weighted by molar-refractivity contribution is 5.94. The summed E-state index contributed by atoms with van der Waals surface area (Å²) >= 11 is 0. The van der Waals surface area contributed by atoms with Crippen molar-refractivity contribution in [1.29, 1.82) is 0 Å². The van der Waals surface area contributed by atoms with Gasteiger partial charge in [0.05, 0.1) is 0 Å². The summed E-state index contributed by atoms with van der Waals surface area (Å²) in [6.07, 6.45) is 2.14. The van der Waals surface area contributed by atoms with E-state index < -0.39 is 0 Å². The van der Waals surface area contributed by atoms with Crippen molar-refractivity contribution in [1.82, 2.24) is 0 Å². The molecule has 1 aliphatic rings. The molecule has 0 aliphatic heterocycles. The second kappa shape index (κ2) is 4.54. The van der Waals surface area contributed by atoms with Crippen molar-refractivity contribution in [3.8, 4) is 0 Å². The third-order valence-electron chi connectivity index (χ3n) is 3.98. The van der Waals surface area contributed by atoms with Gasteiger partial charge in [0.2, 0.25) is 5.91 Å². The summed E-state index contributed by atoms with van der Waals surface area (Å²) in [6.45, 7) is 2.12. The molecule has 2 nitrogen and oxygen atoms in total. The third kappa shape index (κ3) is 2.03. The molecule has 0 radical (unpaired) electrons. The monoisotopic (exact) mass is 251 g/mol. The molecule has 0 spiro atoms. The Balaban J connectivity index is 2.09. The lowest BCUT2D eigenvalue weighted by atomic mass is 9.89. The highest BCUT2D eigenvalue weighted by Crippen LogP contribution is 2.39. The van der Waals surface area contributed by atoms with Crippen LogP contribution in [0.15, 0.2) is 42.5 Å². The number of primary amides is 1. The van der Waals surface area contributed by atoms with Crippen LogP contribution in [0.4, 0.5) is 0 Å². The largest absolute Gasteiger partial charge is 0.366 e. The molecule has 2 heteroatoms. The van der Waals surface area contributed by atoms with Crippen molar-refractivity contribution in [2.75, 3.05) is 0 Å². The summed E-state index contributed by atoms with van der Waals surface area (Å²) < 4.78 is 0. The van der Waals surface area contributed by atoms with E-state index in [0.29, 0.717) is 11.5 Å². The average Bonchev–Trinajstić information content (AvgIpc) is 2.81. The van der Waals surface area contributed by atoms with Gasteiger partial charge in [-0.1, -0.05) is 42.0 Å². The molecule has 1 amide bonds. The Bertz CT molecular complexity index is 645. The molecule has 96 valence electrons. The molecule has 3 rings (SSSR count). The normalized spacial score (nSPS) is 17.2. The molecule has 0 heterocycles. The smallest absolute Gasteiger partial charge is 0.248 e. The van der Waals surface area contributed by atoms with Crippen LogP contribution in [0.5, 0.6) is 0 Å². The number of benzene rings is 2. The molecule has 0 fully saturated rings. The third-order valence-corrected chi connectivity index (χ3v) is 3.98. The highest BCUT2D eigenvalue weighted by atomic mass is 16.1. The van der Waals surface area contributed by atoms with Crippen molar-refractivity contribution < 1.29 is 4.79 Å². The molecule has 0 saturated heterocycles. The first kappa shape index (κ1) is 12.0. The number of amides is 1. The van der Waals surface area contributed by atoms with Crippen LogP contribution < -0.4 is 5.73 Å². The summed E-state index contributed by atoms with van der Waals surface area (Å²) in [5, 5.41) is 0. The molecule has 19 heavy (non-hydrogen) atoms. The van der Waals surface area contributed by atoms with E-state index in [-0.39, 0.29) is 5.91 Å². The Labute approximate surface area is 113 Å². The minimum absolute atomic E-state index is 0.305. The van der Waals surface area contributed by atoms with E-state index >= 15 is 0 Å². The molecule has 2 aromatic rings. The topological polar surface area (TPSA) is 43.1 Å². The Morgan fingerprint density at radius 3 is 2.74 bits per heavy atom. The fraction of sp³-hybridized carbons (Fsp3) is 0.235. The number of hydrogen-bond donors (Lipinski definition) is 1. The lowest BCUT2D eigenvalue weighted by Gasteiger charge is -2.15. The highest BCUT2D eigenvalue weighted by Gasteiger charge is 2.26. The number of carbonyl (C=O) groups excluding carboxylic acids is 1. The number of hydrogen-bond acceptors (Lipinski definition) is 1. The standard InChI is InChI=1S/C17H17NO/c1-11-6-8-13-12(10-11)7-9-15(13)14-4-2-3-5-16(14)17(18)19/h2-6,8,10,15H,7,9H2,1H3,(H2,18,19)/t15-/m1/s1. The molecular weight excluding hydrogens is 234 g/mol. The van der Waals surface area contributed by atoms with Crippen LogP contribution >= 0.6 is 0 Å².